The van der Waals surface area contributed by atoms with E-state index >= 15 is 0 Å². The highest BCUT2D eigenvalue weighted by Gasteiger charge is 2.24. The van der Waals surface area contributed by atoms with Gasteiger partial charge in [0.25, 0.3) is 0 Å². The van der Waals surface area contributed by atoms with Gasteiger partial charge >= 0.3 is 0 Å². The second-order valence-corrected chi connectivity index (χ2v) is 5.14. The molecule has 2 heteroatoms. The minimum Gasteiger partial charge on any atom is -0.326 e. The molecule has 14 heavy (non-hydrogen) atoms. The van der Waals surface area contributed by atoms with E-state index in [1.165, 1.54) is 23.3 Å². The van der Waals surface area contributed by atoms with Crippen LogP contribution in [0.1, 0.15) is 23.5 Å². The van der Waals surface area contributed by atoms with Crippen LogP contribution in [0.15, 0.2) is 24.3 Å². The summed E-state index contributed by atoms with van der Waals surface area (Å²) in [5.74, 6) is 2.95. The molecule has 1 saturated heterocycles. The fraction of sp³-hybridized carbons (Fsp3) is 0.500. The lowest BCUT2D eigenvalue weighted by Crippen LogP contribution is -2.34. The Labute approximate surface area is 90.1 Å². The van der Waals surface area contributed by atoms with Crippen LogP contribution in [0.3, 0.4) is 0 Å². The van der Waals surface area contributed by atoms with E-state index in [-0.39, 0.29) is 0 Å². The van der Waals surface area contributed by atoms with Crippen molar-refractivity contribution in [2.45, 2.75) is 25.3 Å². The number of thioether (sulfide) groups is 1. The van der Waals surface area contributed by atoms with Crippen molar-refractivity contribution >= 4 is 11.8 Å². The van der Waals surface area contributed by atoms with Gasteiger partial charge in [-0.25, -0.2) is 0 Å². The van der Waals surface area contributed by atoms with Gasteiger partial charge in [-0.2, -0.15) is 11.8 Å². The third kappa shape index (κ3) is 1.96. The Hall–Kier alpha value is -0.470. The third-order valence-electron chi connectivity index (χ3n) is 2.99. The van der Waals surface area contributed by atoms with Crippen LogP contribution in [0.5, 0.6) is 0 Å². The van der Waals surface area contributed by atoms with Crippen LogP contribution in [-0.2, 0) is 0 Å². The van der Waals surface area contributed by atoms with E-state index in [2.05, 4.69) is 31.2 Å². The molecule has 2 rings (SSSR count). The van der Waals surface area contributed by atoms with E-state index in [0.29, 0.717) is 12.0 Å². The van der Waals surface area contributed by atoms with Gasteiger partial charge in [0.2, 0.25) is 0 Å². The fourth-order valence-corrected chi connectivity index (χ4v) is 3.24. The van der Waals surface area contributed by atoms with Crippen molar-refractivity contribution in [3.8, 4) is 0 Å². The van der Waals surface area contributed by atoms with Crippen molar-refractivity contribution in [3.05, 3.63) is 35.4 Å². The number of benzene rings is 1. The molecule has 1 nitrogen and oxygen atoms in total. The lowest BCUT2D eigenvalue weighted by molar-refractivity contribution is 0.547. The van der Waals surface area contributed by atoms with E-state index in [1.807, 2.05) is 11.8 Å². The Kier molecular flexibility index (Phi) is 3.14. The van der Waals surface area contributed by atoms with Gasteiger partial charge in [-0.15, -0.1) is 0 Å². The average molecular weight is 207 g/mol. The Morgan fingerprint density at radius 2 is 2.14 bits per heavy atom. The molecular weight excluding hydrogens is 190 g/mol. The molecule has 1 heterocycles. The van der Waals surface area contributed by atoms with Crippen LogP contribution >= 0.6 is 11.8 Å². The van der Waals surface area contributed by atoms with Crippen molar-refractivity contribution in [1.82, 2.24) is 0 Å². The predicted molar refractivity (Wildman–Crippen MR) is 63.8 cm³/mol. The van der Waals surface area contributed by atoms with Gasteiger partial charge in [-0.1, -0.05) is 24.3 Å². The van der Waals surface area contributed by atoms with Crippen LogP contribution in [0.25, 0.3) is 0 Å². The Balaban J connectivity index is 2.25. The first-order valence-electron chi connectivity index (χ1n) is 5.18. The van der Waals surface area contributed by atoms with Gasteiger partial charge < -0.3 is 5.73 Å². The quantitative estimate of drug-likeness (QED) is 0.766. The maximum absolute atomic E-state index is 6.16. The van der Waals surface area contributed by atoms with Crippen LogP contribution in [0.4, 0.5) is 0 Å². The summed E-state index contributed by atoms with van der Waals surface area (Å²) in [6, 6.07) is 8.98. The SMILES string of the molecule is Cc1ccccc1C1CCSCC1N. The smallest absolute Gasteiger partial charge is 0.0200 e. The first-order chi connectivity index (χ1) is 6.79. The summed E-state index contributed by atoms with van der Waals surface area (Å²) in [4.78, 5) is 0. The number of aryl methyl sites for hydroxylation is 1. The second-order valence-electron chi connectivity index (χ2n) is 3.99. The first kappa shape index (κ1) is 10.1. The molecule has 0 saturated carbocycles. The molecule has 1 aromatic rings. The van der Waals surface area contributed by atoms with E-state index in [1.54, 1.807) is 0 Å². The van der Waals surface area contributed by atoms with Gasteiger partial charge in [-0.05, 0) is 30.2 Å². The number of nitrogens with two attached hydrogens (primary N) is 1. The molecule has 0 aliphatic carbocycles. The minimum absolute atomic E-state index is 0.342. The van der Waals surface area contributed by atoms with Gasteiger partial charge in [0.1, 0.15) is 0 Å². The summed E-state index contributed by atoms with van der Waals surface area (Å²) < 4.78 is 0. The maximum Gasteiger partial charge on any atom is 0.0200 e. The molecule has 0 bridgehead atoms. The van der Waals surface area contributed by atoms with Crippen LogP contribution in [0.2, 0.25) is 0 Å². The van der Waals surface area contributed by atoms with Crippen molar-refractivity contribution < 1.29 is 0 Å². The molecule has 2 atom stereocenters. The molecule has 1 fully saturated rings. The molecule has 2 N–H and O–H groups in total. The topological polar surface area (TPSA) is 26.0 Å². The van der Waals surface area contributed by atoms with Gasteiger partial charge in [-0.3, -0.25) is 0 Å². The summed E-state index contributed by atoms with van der Waals surface area (Å²) in [5, 5.41) is 0. The molecule has 0 amide bonds. The highest BCUT2D eigenvalue weighted by Crippen LogP contribution is 2.32. The summed E-state index contributed by atoms with van der Waals surface area (Å²) >= 11 is 1.98. The fourth-order valence-electron chi connectivity index (χ4n) is 2.15. The molecule has 1 aliphatic rings. The zero-order valence-corrected chi connectivity index (χ0v) is 9.39. The van der Waals surface area contributed by atoms with Gasteiger partial charge in [0.15, 0.2) is 0 Å². The molecule has 76 valence electrons. The van der Waals surface area contributed by atoms with Crippen molar-refractivity contribution in [2.24, 2.45) is 5.73 Å². The highest BCUT2D eigenvalue weighted by atomic mass is 32.2. The van der Waals surface area contributed by atoms with E-state index < -0.39 is 0 Å². The molecule has 1 aliphatic heterocycles. The van der Waals surface area contributed by atoms with E-state index in [4.69, 9.17) is 5.73 Å². The van der Waals surface area contributed by atoms with Crippen molar-refractivity contribution in [3.63, 3.8) is 0 Å². The maximum atomic E-state index is 6.16. The summed E-state index contributed by atoms with van der Waals surface area (Å²) in [6.45, 7) is 2.18. The zero-order valence-electron chi connectivity index (χ0n) is 8.57. The monoisotopic (exact) mass is 207 g/mol. The normalized spacial score (nSPS) is 27.6. The number of rotatable bonds is 1. The largest absolute Gasteiger partial charge is 0.326 e. The summed E-state index contributed by atoms with van der Waals surface area (Å²) in [5.41, 5.74) is 9.01. The van der Waals surface area contributed by atoms with Crippen molar-refractivity contribution in [2.75, 3.05) is 11.5 Å². The molecule has 1 aromatic carbocycles. The van der Waals surface area contributed by atoms with Gasteiger partial charge in [0.05, 0.1) is 0 Å². The molecule has 2 unspecified atom stereocenters. The van der Waals surface area contributed by atoms with Crippen molar-refractivity contribution in [1.29, 1.82) is 0 Å². The van der Waals surface area contributed by atoms with E-state index in [9.17, 15) is 0 Å². The molecule has 0 aromatic heterocycles. The predicted octanol–water partition coefficient (Wildman–Crippen LogP) is 2.54. The summed E-state index contributed by atoms with van der Waals surface area (Å²) in [7, 11) is 0. The number of hydrogen-bond acceptors (Lipinski definition) is 2. The standard InChI is InChI=1S/C12H17NS/c1-9-4-2-3-5-10(9)11-6-7-14-8-12(11)13/h2-5,11-12H,6-8,13H2,1H3. The van der Waals surface area contributed by atoms with Gasteiger partial charge in [0, 0.05) is 17.7 Å². The Morgan fingerprint density at radius 1 is 1.36 bits per heavy atom. The molecule has 0 radical (unpaired) electrons. The highest BCUT2D eigenvalue weighted by molar-refractivity contribution is 7.99. The molecular formula is C12H17NS. The lowest BCUT2D eigenvalue weighted by Gasteiger charge is -2.29. The Morgan fingerprint density at radius 3 is 2.86 bits per heavy atom. The number of hydrogen-bond donors (Lipinski definition) is 1. The first-order valence-corrected chi connectivity index (χ1v) is 6.33. The summed E-state index contributed by atoms with van der Waals surface area (Å²) in [6.07, 6.45) is 1.23. The lowest BCUT2D eigenvalue weighted by atomic mass is 9.87. The average Bonchev–Trinajstić information content (AvgIpc) is 2.20. The van der Waals surface area contributed by atoms with Crippen LogP contribution < -0.4 is 5.73 Å². The van der Waals surface area contributed by atoms with Crippen LogP contribution in [0, 0.1) is 6.92 Å². The van der Waals surface area contributed by atoms with E-state index in [0.717, 1.165) is 5.75 Å². The zero-order chi connectivity index (χ0) is 9.97. The molecule has 0 spiro atoms. The second kappa shape index (κ2) is 4.37. The minimum atomic E-state index is 0.342. The Bertz CT molecular complexity index is 311. The third-order valence-corrected chi connectivity index (χ3v) is 4.13. The van der Waals surface area contributed by atoms with Crippen LogP contribution in [-0.4, -0.2) is 17.5 Å².